The van der Waals surface area contributed by atoms with E-state index in [1.54, 1.807) is 0 Å². The van der Waals surface area contributed by atoms with Gasteiger partial charge in [-0.15, -0.1) is 0 Å². The van der Waals surface area contributed by atoms with E-state index in [2.05, 4.69) is 75.3 Å². The molecule has 22 heavy (non-hydrogen) atoms. The summed E-state index contributed by atoms with van der Waals surface area (Å²) >= 11 is 0. The molecule has 0 unspecified atom stereocenters. The van der Waals surface area contributed by atoms with Crippen LogP contribution in [0.25, 0.3) is 0 Å². The second-order valence-electron chi connectivity index (χ2n) is 9.46. The molecule has 0 fully saturated rings. The van der Waals surface area contributed by atoms with Crippen molar-refractivity contribution in [2.75, 3.05) is 0 Å². The zero-order chi connectivity index (χ0) is 17.7. The lowest BCUT2D eigenvalue weighted by Gasteiger charge is -2.35. The third kappa shape index (κ3) is 3.53. The van der Waals surface area contributed by atoms with E-state index in [4.69, 9.17) is 5.73 Å². The first-order chi connectivity index (χ1) is 9.58. The van der Waals surface area contributed by atoms with Gasteiger partial charge in [-0.25, -0.2) is 0 Å². The summed E-state index contributed by atoms with van der Waals surface area (Å²) in [6.07, 6.45) is 0. The second kappa shape index (κ2) is 5.40. The highest BCUT2D eigenvalue weighted by Gasteiger charge is 2.33. The SMILES string of the molecule is Cc1c(C(C)(C)C)cc(C(C)(C)C)c(C(N)=O)c1C(C)(C)C. The second-order valence-corrected chi connectivity index (χ2v) is 9.46. The normalized spacial score (nSPS) is 13.4. The molecule has 0 aliphatic heterocycles. The molecule has 0 saturated carbocycles. The van der Waals surface area contributed by atoms with Crippen molar-refractivity contribution in [1.82, 2.24) is 0 Å². The van der Waals surface area contributed by atoms with Gasteiger partial charge in [-0.3, -0.25) is 4.79 Å². The van der Waals surface area contributed by atoms with Gasteiger partial charge in [-0.05, 0) is 45.4 Å². The van der Waals surface area contributed by atoms with Crippen LogP contribution < -0.4 is 5.73 Å². The first-order valence-electron chi connectivity index (χ1n) is 8.07. The third-order valence-corrected chi connectivity index (χ3v) is 4.20. The Balaban J connectivity index is 4.07. The molecular weight excluding hydrogens is 270 g/mol. The molecule has 1 aromatic carbocycles. The maximum Gasteiger partial charge on any atom is 0.249 e. The molecule has 0 saturated heterocycles. The molecule has 1 rings (SSSR count). The van der Waals surface area contributed by atoms with Crippen LogP contribution in [0.4, 0.5) is 0 Å². The first kappa shape index (κ1) is 18.7. The van der Waals surface area contributed by atoms with Gasteiger partial charge in [0.25, 0.3) is 0 Å². The van der Waals surface area contributed by atoms with Crippen molar-refractivity contribution in [3.05, 3.63) is 33.9 Å². The highest BCUT2D eigenvalue weighted by molar-refractivity contribution is 5.97. The molecular formula is C20H33NO. The molecule has 2 heteroatoms. The van der Waals surface area contributed by atoms with E-state index >= 15 is 0 Å². The van der Waals surface area contributed by atoms with Crippen LogP contribution in [0, 0.1) is 6.92 Å². The van der Waals surface area contributed by atoms with Crippen molar-refractivity contribution >= 4 is 5.91 Å². The summed E-state index contributed by atoms with van der Waals surface area (Å²) in [5.41, 5.74) is 10.9. The topological polar surface area (TPSA) is 43.1 Å². The monoisotopic (exact) mass is 303 g/mol. The van der Waals surface area contributed by atoms with E-state index < -0.39 is 0 Å². The van der Waals surface area contributed by atoms with Gasteiger partial charge >= 0.3 is 0 Å². The number of hydrogen-bond acceptors (Lipinski definition) is 1. The summed E-state index contributed by atoms with van der Waals surface area (Å²) < 4.78 is 0. The van der Waals surface area contributed by atoms with Gasteiger partial charge in [-0.2, -0.15) is 0 Å². The predicted molar refractivity (Wildman–Crippen MR) is 95.8 cm³/mol. The fraction of sp³-hybridized carbons (Fsp3) is 0.650. The fourth-order valence-electron chi connectivity index (χ4n) is 3.35. The molecule has 0 heterocycles. The molecule has 2 nitrogen and oxygen atoms in total. The Bertz CT molecular complexity index is 590. The van der Waals surface area contributed by atoms with Crippen LogP contribution in [0.3, 0.4) is 0 Å². The van der Waals surface area contributed by atoms with E-state index in [1.807, 2.05) is 0 Å². The number of hydrogen-bond donors (Lipinski definition) is 1. The lowest BCUT2D eigenvalue weighted by atomic mass is 9.69. The smallest absolute Gasteiger partial charge is 0.249 e. The molecule has 2 N–H and O–H groups in total. The zero-order valence-electron chi connectivity index (χ0n) is 16.1. The highest BCUT2D eigenvalue weighted by Crippen LogP contribution is 2.40. The molecule has 0 aliphatic rings. The molecule has 0 aromatic heterocycles. The van der Waals surface area contributed by atoms with Gasteiger partial charge in [0.15, 0.2) is 0 Å². The van der Waals surface area contributed by atoms with Crippen LogP contribution in [0.5, 0.6) is 0 Å². The summed E-state index contributed by atoms with van der Waals surface area (Å²) in [4.78, 5) is 12.3. The maximum absolute atomic E-state index is 12.3. The largest absolute Gasteiger partial charge is 0.366 e. The standard InChI is InChI=1S/C20H33NO/c1-12-13(18(2,3)4)11-14(19(5,6)7)15(17(21)22)16(12)20(8,9)10/h11H,1-10H3,(H2,21,22). The van der Waals surface area contributed by atoms with Crippen molar-refractivity contribution in [1.29, 1.82) is 0 Å². The maximum atomic E-state index is 12.3. The molecule has 0 radical (unpaired) electrons. The lowest BCUT2D eigenvalue weighted by molar-refractivity contribution is 0.0995. The Morgan fingerprint density at radius 2 is 1.23 bits per heavy atom. The molecule has 1 amide bonds. The van der Waals surface area contributed by atoms with Crippen molar-refractivity contribution < 1.29 is 4.79 Å². The van der Waals surface area contributed by atoms with Crippen molar-refractivity contribution in [2.45, 2.75) is 85.5 Å². The third-order valence-electron chi connectivity index (χ3n) is 4.20. The summed E-state index contributed by atoms with van der Waals surface area (Å²) in [5, 5.41) is 0. The predicted octanol–water partition coefficient (Wildman–Crippen LogP) is 4.99. The van der Waals surface area contributed by atoms with Crippen molar-refractivity contribution in [2.24, 2.45) is 5.73 Å². The Morgan fingerprint density at radius 3 is 1.50 bits per heavy atom. The Morgan fingerprint density at radius 1 is 0.818 bits per heavy atom. The average molecular weight is 303 g/mol. The number of nitrogens with two attached hydrogens (primary N) is 1. The molecule has 124 valence electrons. The summed E-state index contributed by atoms with van der Waals surface area (Å²) in [7, 11) is 0. The van der Waals surface area contributed by atoms with Gasteiger partial charge in [-0.1, -0.05) is 68.4 Å². The van der Waals surface area contributed by atoms with Crippen LogP contribution in [0.15, 0.2) is 6.07 Å². The summed E-state index contributed by atoms with van der Waals surface area (Å²) in [6, 6.07) is 2.20. The Labute approximate surface area is 136 Å². The molecule has 0 atom stereocenters. The van der Waals surface area contributed by atoms with E-state index in [0.717, 1.165) is 11.1 Å². The number of carbonyl (C=O) groups is 1. The number of rotatable bonds is 1. The minimum absolute atomic E-state index is 0.0280. The Kier molecular flexibility index (Phi) is 4.60. The van der Waals surface area contributed by atoms with Gasteiger partial charge in [0.05, 0.1) is 0 Å². The van der Waals surface area contributed by atoms with E-state index in [-0.39, 0.29) is 22.2 Å². The molecule has 0 aliphatic carbocycles. The minimum atomic E-state index is -0.321. The van der Waals surface area contributed by atoms with E-state index in [9.17, 15) is 4.79 Å². The summed E-state index contributed by atoms with van der Waals surface area (Å²) in [5.74, 6) is -0.321. The highest BCUT2D eigenvalue weighted by atomic mass is 16.1. The van der Waals surface area contributed by atoms with Gasteiger partial charge in [0.1, 0.15) is 0 Å². The van der Waals surface area contributed by atoms with E-state index in [0.29, 0.717) is 5.56 Å². The molecule has 0 bridgehead atoms. The summed E-state index contributed by atoms with van der Waals surface area (Å²) in [6.45, 7) is 21.7. The van der Waals surface area contributed by atoms with Gasteiger partial charge in [0.2, 0.25) is 5.91 Å². The lowest BCUT2D eigenvalue weighted by Crippen LogP contribution is -2.30. The molecule has 0 spiro atoms. The number of amides is 1. The van der Waals surface area contributed by atoms with Crippen LogP contribution in [0.1, 0.15) is 94.9 Å². The zero-order valence-corrected chi connectivity index (χ0v) is 16.1. The van der Waals surface area contributed by atoms with Gasteiger partial charge < -0.3 is 5.73 Å². The first-order valence-corrected chi connectivity index (χ1v) is 8.07. The van der Waals surface area contributed by atoms with E-state index in [1.165, 1.54) is 11.1 Å². The Hall–Kier alpha value is -1.31. The number of primary amides is 1. The quantitative estimate of drug-likeness (QED) is 0.780. The number of carbonyl (C=O) groups excluding carboxylic acids is 1. The van der Waals surface area contributed by atoms with Crippen LogP contribution in [-0.2, 0) is 16.2 Å². The van der Waals surface area contributed by atoms with Crippen molar-refractivity contribution in [3.8, 4) is 0 Å². The fourth-order valence-corrected chi connectivity index (χ4v) is 3.35. The van der Waals surface area contributed by atoms with Gasteiger partial charge in [0, 0.05) is 5.56 Å². The van der Waals surface area contributed by atoms with Crippen molar-refractivity contribution in [3.63, 3.8) is 0 Å². The van der Waals surface area contributed by atoms with Crippen LogP contribution in [-0.4, -0.2) is 5.91 Å². The van der Waals surface area contributed by atoms with Crippen LogP contribution >= 0.6 is 0 Å². The number of benzene rings is 1. The molecule has 1 aromatic rings. The van der Waals surface area contributed by atoms with Crippen LogP contribution in [0.2, 0.25) is 0 Å². The average Bonchev–Trinajstić information content (AvgIpc) is 2.22. The minimum Gasteiger partial charge on any atom is -0.366 e.